The molecule has 0 spiro atoms. The molecular weight excluding hydrogens is 470 g/mol. The number of carbonyl (C=O) groups excluding carboxylic acids is 3. The lowest BCUT2D eigenvalue weighted by Gasteiger charge is -2.17. The van der Waals surface area contributed by atoms with E-state index in [1.807, 2.05) is 36.4 Å². The largest absolute Gasteiger partial charge is 0.333 e. The van der Waals surface area contributed by atoms with Gasteiger partial charge in [0.2, 0.25) is 5.91 Å². The molecule has 5 rings (SSSR count). The number of hydrogen-bond donors (Lipinski definition) is 4. The Morgan fingerprint density at radius 1 is 0.971 bits per heavy atom. The maximum absolute atomic E-state index is 12.4. The molecular formula is C24H19N5O3S2. The van der Waals surface area contributed by atoms with Gasteiger partial charge in [0.15, 0.2) is 5.16 Å². The molecule has 0 bridgehead atoms. The molecule has 0 radical (unpaired) electrons. The van der Waals surface area contributed by atoms with Gasteiger partial charge < -0.3 is 10.3 Å². The average Bonchev–Trinajstić information content (AvgIpc) is 3.29. The number of anilines is 1. The standard InChI is InChI=1S/C24H19N5O3S2/c30-21-13-33-20-10-9-16(11-19(20)25-21)23(32)29-28-22(31)15-7-5-14(6-8-15)12-34-24-26-17-3-1-2-4-18(17)27-24/h1-11H,12-13H2,(H,25,30)(H,26,27)(H,28,31)(H,29,32). The number of nitrogens with zero attached hydrogens (tertiary/aromatic N) is 1. The molecule has 2 heterocycles. The van der Waals surface area contributed by atoms with Crippen molar-refractivity contribution in [2.75, 3.05) is 11.1 Å². The normalized spacial score (nSPS) is 12.6. The minimum atomic E-state index is -0.472. The van der Waals surface area contributed by atoms with Crippen molar-refractivity contribution in [1.82, 2.24) is 20.8 Å². The highest BCUT2D eigenvalue weighted by Crippen LogP contribution is 2.32. The first-order valence-electron chi connectivity index (χ1n) is 10.4. The van der Waals surface area contributed by atoms with Crippen LogP contribution in [0.4, 0.5) is 5.69 Å². The van der Waals surface area contributed by atoms with Gasteiger partial charge in [-0.05, 0) is 48.0 Å². The van der Waals surface area contributed by atoms with E-state index in [0.717, 1.165) is 26.6 Å². The van der Waals surface area contributed by atoms with E-state index in [4.69, 9.17) is 0 Å². The highest BCUT2D eigenvalue weighted by atomic mass is 32.2. The summed E-state index contributed by atoms with van der Waals surface area (Å²) >= 11 is 3.00. The topological polar surface area (TPSA) is 116 Å². The van der Waals surface area contributed by atoms with Gasteiger partial charge in [0.25, 0.3) is 11.8 Å². The van der Waals surface area contributed by atoms with Crippen molar-refractivity contribution in [1.29, 1.82) is 0 Å². The van der Waals surface area contributed by atoms with Gasteiger partial charge in [-0.25, -0.2) is 4.98 Å². The van der Waals surface area contributed by atoms with E-state index in [1.165, 1.54) is 11.8 Å². The summed E-state index contributed by atoms with van der Waals surface area (Å²) in [7, 11) is 0. The molecule has 4 N–H and O–H groups in total. The number of rotatable bonds is 5. The van der Waals surface area contributed by atoms with Gasteiger partial charge in [-0.1, -0.05) is 36.0 Å². The van der Waals surface area contributed by atoms with E-state index in [1.54, 1.807) is 42.1 Å². The molecule has 34 heavy (non-hydrogen) atoms. The number of hydrazine groups is 1. The average molecular weight is 490 g/mol. The number of amides is 3. The van der Waals surface area contributed by atoms with Gasteiger partial charge in [0, 0.05) is 21.8 Å². The monoisotopic (exact) mass is 489 g/mol. The molecule has 1 aromatic heterocycles. The fourth-order valence-electron chi connectivity index (χ4n) is 3.38. The first kappa shape index (κ1) is 22.1. The molecule has 3 aromatic carbocycles. The van der Waals surface area contributed by atoms with Crippen molar-refractivity contribution in [3.05, 3.63) is 83.4 Å². The van der Waals surface area contributed by atoms with Gasteiger partial charge in [-0.15, -0.1) is 11.8 Å². The highest BCUT2D eigenvalue weighted by Gasteiger charge is 2.17. The Hall–Kier alpha value is -3.76. The van der Waals surface area contributed by atoms with Crippen LogP contribution in [-0.4, -0.2) is 33.4 Å². The molecule has 8 nitrogen and oxygen atoms in total. The molecule has 10 heteroatoms. The first-order valence-corrected chi connectivity index (χ1v) is 12.4. The van der Waals surface area contributed by atoms with Crippen molar-refractivity contribution >= 4 is 58.0 Å². The van der Waals surface area contributed by atoms with Crippen LogP contribution in [0.15, 0.2) is 76.8 Å². The summed E-state index contributed by atoms with van der Waals surface area (Å²) in [5.41, 5.74) is 9.16. The summed E-state index contributed by atoms with van der Waals surface area (Å²) in [4.78, 5) is 45.2. The van der Waals surface area contributed by atoms with Crippen LogP contribution in [0.1, 0.15) is 26.3 Å². The number of carbonyl (C=O) groups is 3. The van der Waals surface area contributed by atoms with Crippen LogP contribution in [0.25, 0.3) is 11.0 Å². The zero-order valence-corrected chi connectivity index (χ0v) is 19.4. The highest BCUT2D eigenvalue weighted by molar-refractivity contribution is 8.00. The fourth-order valence-corrected chi connectivity index (χ4v) is 5.01. The summed E-state index contributed by atoms with van der Waals surface area (Å²) in [6, 6.07) is 20.1. The molecule has 170 valence electrons. The van der Waals surface area contributed by atoms with Crippen molar-refractivity contribution < 1.29 is 14.4 Å². The Morgan fingerprint density at radius 3 is 2.50 bits per heavy atom. The van der Waals surface area contributed by atoms with Gasteiger partial charge in [-0.3, -0.25) is 25.2 Å². The predicted molar refractivity (Wildman–Crippen MR) is 133 cm³/mol. The van der Waals surface area contributed by atoms with E-state index in [2.05, 4.69) is 26.1 Å². The molecule has 0 unspecified atom stereocenters. The van der Waals surface area contributed by atoms with E-state index in [0.29, 0.717) is 28.3 Å². The van der Waals surface area contributed by atoms with Crippen LogP contribution in [0.5, 0.6) is 0 Å². The van der Waals surface area contributed by atoms with Crippen molar-refractivity contribution in [3.63, 3.8) is 0 Å². The number of hydrogen-bond acceptors (Lipinski definition) is 6. The third-order valence-electron chi connectivity index (χ3n) is 5.12. The van der Waals surface area contributed by atoms with Crippen LogP contribution in [0.3, 0.4) is 0 Å². The fraction of sp³-hybridized carbons (Fsp3) is 0.0833. The first-order chi connectivity index (χ1) is 16.5. The van der Waals surface area contributed by atoms with Gasteiger partial charge >= 0.3 is 0 Å². The molecule has 0 saturated heterocycles. The SMILES string of the molecule is O=C1CSc2ccc(C(=O)NNC(=O)c3ccc(CSc4nc5ccccc5[nH]4)cc3)cc2N1. The molecule has 1 aliphatic rings. The minimum absolute atomic E-state index is 0.109. The molecule has 0 saturated carbocycles. The number of nitrogens with one attached hydrogen (secondary N) is 4. The summed E-state index contributed by atoms with van der Waals surface area (Å²) in [6.07, 6.45) is 0. The Morgan fingerprint density at radius 2 is 1.71 bits per heavy atom. The van der Waals surface area contributed by atoms with Crippen LogP contribution >= 0.6 is 23.5 Å². The molecule has 0 fully saturated rings. The second-order valence-electron chi connectivity index (χ2n) is 7.50. The Balaban J connectivity index is 1.15. The summed E-state index contributed by atoms with van der Waals surface area (Å²) in [6.45, 7) is 0. The lowest BCUT2D eigenvalue weighted by Crippen LogP contribution is -2.41. The van der Waals surface area contributed by atoms with E-state index in [9.17, 15) is 14.4 Å². The molecule has 0 aliphatic carbocycles. The Labute approximate surface area is 203 Å². The number of fused-ring (bicyclic) bond motifs is 2. The number of benzene rings is 3. The quantitative estimate of drug-likeness (QED) is 0.249. The number of aromatic nitrogens is 2. The number of para-hydroxylation sites is 2. The Kier molecular flexibility index (Phi) is 6.24. The lowest BCUT2D eigenvalue weighted by molar-refractivity contribution is -0.113. The van der Waals surface area contributed by atoms with Crippen molar-refractivity contribution in [3.8, 4) is 0 Å². The van der Waals surface area contributed by atoms with Crippen molar-refractivity contribution in [2.24, 2.45) is 0 Å². The molecule has 4 aromatic rings. The molecule has 0 atom stereocenters. The third kappa shape index (κ3) is 4.92. The van der Waals surface area contributed by atoms with Crippen LogP contribution in [-0.2, 0) is 10.5 Å². The second kappa shape index (κ2) is 9.62. The second-order valence-corrected chi connectivity index (χ2v) is 9.48. The third-order valence-corrected chi connectivity index (χ3v) is 7.14. The number of H-pyrrole nitrogens is 1. The van der Waals surface area contributed by atoms with E-state index in [-0.39, 0.29) is 5.91 Å². The Bertz CT molecular complexity index is 1370. The number of imidazole rings is 1. The van der Waals surface area contributed by atoms with Crippen LogP contribution in [0, 0.1) is 0 Å². The minimum Gasteiger partial charge on any atom is -0.333 e. The molecule has 3 amide bonds. The van der Waals surface area contributed by atoms with Gasteiger partial charge in [-0.2, -0.15) is 0 Å². The maximum Gasteiger partial charge on any atom is 0.269 e. The zero-order chi connectivity index (χ0) is 23.5. The summed E-state index contributed by atoms with van der Waals surface area (Å²) in [5, 5.41) is 3.58. The number of aromatic amines is 1. The van der Waals surface area contributed by atoms with Gasteiger partial charge in [0.05, 0.1) is 22.5 Å². The summed E-state index contributed by atoms with van der Waals surface area (Å²) < 4.78 is 0. The predicted octanol–water partition coefficient (Wildman–Crippen LogP) is 3.97. The van der Waals surface area contributed by atoms with Gasteiger partial charge in [0.1, 0.15) is 0 Å². The lowest BCUT2D eigenvalue weighted by atomic mass is 10.1. The molecule has 1 aliphatic heterocycles. The van der Waals surface area contributed by atoms with Crippen LogP contribution < -0.4 is 16.2 Å². The van der Waals surface area contributed by atoms with E-state index < -0.39 is 11.8 Å². The summed E-state index contributed by atoms with van der Waals surface area (Å²) in [5.74, 6) is 0.0479. The number of thioether (sulfide) groups is 2. The van der Waals surface area contributed by atoms with Crippen molar-refractivity contribution in [2.45, 2.75) is 15.8 Å². The van der Waals surface area contributed by atoms with E-state index >= 15 is 0 Å². The zero-order valence-electron chi connectivity index (χ0n) is 17.8. The maximum atomic E-state index is 12.4. The smallest absolute Gasteiger partial charge is 0.269 e. The van der Waals surface area contributed by atoms with Crippen LogP contribution in [0.2, 0.25) is 0 Å².